The number of nitrogens with zero attached hydrogens (tertiary/aromatic N) is 1. The highest BCUT2D eigenvalue weighted by atomic mass is 16.5. The van der Waals surface area contributed by atoms with E-state index in [4.69, 9.17) is 4.74 Å². The van der Waals surface area contributed by atoms with E-state index in [1.165, 1.54) is 5.69 Å². The third-order valence-electron chi connectivity index (χ3n) is 2.56. The molecule has 2 heteroatoms. The molecule has 13 heavy (non-hydrogen) atoms. The lowest BCUT2D eigenvalue weighted by atomic mass is 10.2. The van der Waals surface area contributed by atoms with Crippen LogP contribution in [0.4, 0.5) is 5.69 Å². The Kier molecular flexibility index (Phi) is 2.94. The van der Waals surface area contributed by atoms with Crippen molar-refractivity contribution in [2.24, 2.45) is 0 Å². The third kappa shape index (κ3) is 2.22. The summed E-state index contributed by atoms with van der Waals surface area (Å²) in [7, 11) is 6.08. The Hall–Kier alpha value is -1.02. The lowest BCUT2D eigenvalue weighted by molar-refractivity contribution is 0.408. The van der Waals surface area contributed by atoms with Gasteiger partial charge in [0.15, 0.2) is 0 Å². The van der Waals surface area contributed by atoms with Gasteiger partial charge in [0, 0.05) is 12.1 Å². The molecule has 0 saturated heterocycles. The summed E-state index contributed by atoms with van der Waals surface area (Å²) < 4.78 is 6.02. The zero-order chi connectivity index (χ0) is 9.90. The van der Waals surface area contributed by atoms with E-state index in [2.05, 4.69) is 33.2 Å². The molecular weight excluding hydrogens is 162 g/mol. The predicted molar refractivity (Wildman–Crippen MR) is 57.2 cm³/mol. The van der Waals surface area contributed by atoms with Gasteiger partial charge in [0.05, 0.1) is 27.7 Å². The van der Waals surface area contributed by atoms with Crippen molar-refractivity contribution < 1.29 is 4.74 Å². The SMILES string of the molecule is CC[N+](C)(C)c1ccc(OC)cc1. The maximum Gasteiger partial charge on any atom is 0.132 e. The maximum absolute atomic E-state index is 5.11. The van der Waals surface area contributed by atoms with Crippen molar-refractivity contribution in [2.45, 2.75) is 6.92 Å². The number of ether oxygens (including phenoxy) is 1. The van der Waals surface area contributed by atoms with E-state index < -0.39 is 0 Å². The number of hydrogen-bond acceptors (Lipinski definition) is 1. The zero-order valence-electron chi connectivity index (χ0n) is 8.87. The molecule has 0 fully saturated rings. The van der Waals surface area contributed by atoms with E-state index in [9.17, 15) is 0 Å². The average Bonchev–Trinajstić information content (AvgIpc) is 2.18. The molecule has 0 N–H and O–H groups in total. The smallest absolute Gasteiger partial charge is 0.132 e. The topological polar surface area (TPSA) is 9.23 Å². The molecular formula is C11H18NO+. The van der Waals surface area contributed by atoms with Crippen molar-refractivity contribution in [1.82, 2.24) is 4.48 Å². The van der Waals surface area contributed by atoms with Gasteiger partial charge in [-0.05, 0) is 19.1 Å². The van der Waals surface area contributed by atoms with Gasteiger partial charge in [-0.1, -0.05) is 0 Å². The van der Waals surface area contributed by atoms with Crippen LogP contribution in [-0.2, 0) is 0 Å². The Morgan fingerprint density at radius 2 is 1.69 bits per heavy atom. The first-order valence-corrected chi connectivity index (χ1v) is 4.58. The van der Waals surface area contributed by atoms with E-state index in [-0.39, 0.29) is 0 Å². The largest absolute Gasteiger partial charge is 0.497 e. The van der Waals surface area contributed by atoms with Crippen LogP contribution in [0, 0.1) is 0 Å². The van der Waals surface area contributed by atoms with Gasteiger partial charge in [0.1, 0.15) is 11.4 Å². The molecule has 0 saturated carbocycles. The molecule has 0 aliphatic rings. The summed E-state index contributed by atoms with van der Waals surface area (Å²) in [5.41, 5.74) is 1.31. The monoisotopic (exact) mass is 180 g/mol. The van der Waals surface area contributed by atoms with Crippen molar-refractivity contribution in [3.05, 3.63) is 24.3 Å². The highest BCUT2D eigenvalue weighted by Crippen LogP contribution is 2.21. The van der Waals surface area contributed by atoms with Crippen LogP contribution in [0.5, 0.6) is 5.75 Å². The first kappa shape index (κ1) is 10.1. The molecule has 0 heterocycles. The van der Waals surface area contributed by atoms with E-state index in [0.29, 0.717) is 0 Å². The molecule has 1 rings (SSSR count). The first-order chi connectivity index (χ1) is 6.10. The fourth-order valence-electron chi connectivity index (χ4n) is 1.17. The van der Waals surface area contributed by atoms with Crippen LogP contribution in [0.25, 0.3) is 0 Å². The van der Waals surface area contributed by atoms with Crippen LogP contribution in [0.2, 0.25) is 0 Å². The standard InChI is InChI=1S/C11H18NO/c1-5-12(2,3)10-6-8-11(13-4)9-7-10/h6-9H,5H2,1-4H3/q+1. The highest BCUT2D eigenvalue weighted by Gasteiger charge is 2.15. The van der Waals surface area contributed by atoms with Gasteiger partial charge in [-0.2, -0.15) is 0 Å². The van der Waals surface area contributed by atoms with Crippen molar-refractivity contribution >= 4 is 5.69 Å². The van der Waals surface area contributed by atoms with Crippen molar-refractivity contribution in [3.63, 3.8) is 0 Å². The second kappa shape index (κ2) is 3.79. The van der Waals surface area contributed by atoms with Gasteiger partial charge in [-0.15, -0.1) is 0 Å². The van der Waals surface area contributed by atoms with Crippen LogP contribution in [0.3, 0.4) is 0 Å². The fraction of sp³-hybridized carbons (Fsp3) is 0.455. The van der Waals surface area contributed by atoms with Gasteiger partial charge in [-0.3, -0.25) is 4.48 Å². The molecule has 0 aromatic heterocycles. The van der Waals surface area contributed by atoms with Crippen molar-refractivity contribution in [2.75, 3.05) is 27.7 Å². The molecule has 2 nitrogen and oxygen atoms in total. The van der Waals surface area contributed by atoms with Gasteiger partial charge >= 0.3 is 0 Å². The lowest BCUT2D eigenvalue weighted by Crippen LogP contribution is -2.39. The Morgan fingerprint density at radius 3 is 2.08 bits per heavy atom. The second-order valence-corrected chi connectivity index (χ2v) is 3.70. The van der Waals surface area contributed by atoms with E-state index in [1.807, 2.05) is 12.1 Å². The Bertz CT molecular complexity index is 264. The number of hydrogen-bond donors (Lipinski definition) is 0. The summed E-state index contributed by atoms with van der Waals surface area (Å²) in [6.07, 6.45) is 0. The van der Waals surface area contributed by atoms with Crippen LogP contribution in [0.1, 0.15) is 6.92 Å². The minimum Gasteiger partial charge on any atom is -0.497 e. The Balaban J connectivity index is 2.92. The second-order valence-electron chi connectivity index (χ2n) is 3.70. The number of benzene rings is 1. The third-order valence-corrected chi connectivity index (χ3v) is 2.56. The van der Waals surface area contributed by atoms with E-state index in [1.54, 1.807) is 7.11 Å². The van der Waals surface area contributed by atoms with Crippen molar-refractivity contribution in [1.29, 1.82) is 0 Å². The number of methoxy groups -OCH3 is 1. The summed E-state index contributed by atoms with van der Waals surface area (Å²) in [6.45, 7) is 3.27. The lowest BCUT2D eigenvalue weighted by Gasteiger charge is -2.27. The Morgan fingerprint density at radius 1 is 1.15 bits per heavy atom. The summed E-state index contributed by atoms with van der Waals surface area (Å²) in [5, 5.41) is 0. The quantitative estimate of drug-likeness (QED) is 0.648. The van der Waals surface area contributed by atoms with Crippen LogP contribution >= 0.6 is 0 Å². The molecule has 72 valence electrons. The molecule has 0 spiro atoms. The average molecular weight is 180 g/mol. The van der Waals surface area contributed by atoms with E-state index >= 15 is 0 Å². The molecule has 0 unspecified atom stereocenters. The fourth-order valence-corrected chi connectivity index (χ4v) is 1.17. The minimum absolute atomic E-state index is 0.907. The van der Waals surface area contributed by atoms with Crippen LogP contribution < -0.4 is 9.22 Å². The minimum atomic E-state index is 0.907. The molecule has 1 aromatic rings. The molecule has 0 atom stereocenters. The maximum atomic E-state index is 5.11. The molecule has 0 aliphatic carbocycles. The highest BCUT2D eigenvalue weighted by molar-refractivity contribution is 5.44. The predicted octanol–water partition coefficient (Wildman–Crippen LogP) is 2.28. The molecule has 0 bridgehead atoms. The first-order valence-electron chi connectivity index (χ1n) is 4.58. The zero-order valence-corrected chi connectivity index (χ0v) is 8.87. The van der Waals surface area contributed by atoms with E-state index in [0.717, 1.165) is 16.8 Å². The van der Waals surface area contributed by atoms with Crippen LogP contribution in [-0.4, -0.2) is 27.7 Å². The molecule has 0 aliphatic heterocycles. The van der Waals surface area contributed by atoms with Gasteiger partial charge in [0.2, 0.25) is 0 Å². The van der Waals surface area contributed by atoms with Crippen LogP contribution in [0.15, 0.2) is 24.3 Å². The normalized spacial score (nSPS) is 11.4. The summed E-state index contributed by atoms with van der Waals surface area (Å²) in [6, 6.07) is 8.24. The molecule has 0 amide bonds. The summed E-state index contributed by atoms with van der Waals surface area (Å²) >= 11 is 0. The Labute approximate surface area is 80.3 Å². The summed E-state index contributed by atoms with van der Waals surface area (Å²) in [5.74, 6) is 0.917. The number of rotatable bonds is 3. The summed E-state index contributed by atoms with van der Waals surface area (Å²) in [4.78, 5) is 0. The van der Waals surface area contributed by atoms with Crippen molar-refractivity contribution in [3.8, 4) is 5.75 Å². The molecule has 1 aromatic carbocycles. The van der Waals surface area contributed by atoms with Gasteiger partial charge in [-0.25, -0.2) is 0 Å². The number of quaternary nitrogens is 1. The molecule has 0 radical (unpaired) electrons. The van der Waals surface area contributed by atoms with Gasteiger partial charge in [0.25, 0.3) is 0 Å². The van der Waals surface area contributed by atoms with Gasteiger partial charge < -0.3 is 4.74 Å².